The SMILES string of the molecule is C=C(/C=C\n1nc(C)cc1C)c1ccccc1. The third-order valence-electron chi connectivity index (χ3n) is 2.61. The zero-order valence-electron chi connectivity index (χ0n) is 10.2. The van der Waals surface area contributed by atoms with Gasteiger partial charge < -0.3 is 0 Å². The monoisotopic (exact) mass is 224 g/mol. The molecular formula is C15H16N2. The summed E-state index contributed by atoms with van der Waals surface area (Å²) in [4.78, 5) is 0. The molecule has 2 nitrogen and oxygen atoms in total. The van der Waals surface area contributed by atoms with E-state index in [-0.39, 0.29) is 0 Å². The van der Waals surface area contributed by atoms with Crippen LogP contribution in [-0.2, 0) is 0 Å². The molecule has 0 N–H and O–H groups in total. The molecule has 2 heteroatoms. The molecule has 86 valence electrons. The summed E-state index contributed by atoms with van der Waals surface area (Å²) >= 11 is 0. The maximum absolute atomic E-state index is 4.36. The van der Waals surface area contributed by atoms with Crippen LogP contribution in [0.3, 0.4) is 0 Å². The van der Waals surface area contributed by atoms with E-state index in [1.807, 2.05) is 61.1 Å². The predicted octanol–water partition coefficient (Wildman–Crippen LogP) is 3.68. The normalized spacial score (nSPS) is 10.9. The largest absolute Gasteiger partial charge is 0.245 e. The van der Waals surface area contributed by atoms with Crippen LogP contribution >= 0.6 is 0 Å². The molecule has 0 spiro atoms. The molecule has 1 heterocycles. The molecule has 0 atom stereocenters. The van der Waals surface area contributed by atoms with Crippen molar-refractivity contribution in [3.63, 3.8) is 0 Å². The van der Waals surface area contributed by atoms with Gasteiger partial charge in [0.25, 0.3) is 0 Å². The van der Waals surface area contributed by atoms with Gasteiger partial charge in [0.1, 0.15) is 0 Å². The number of nitrogens with zero attached hydrogens (tertiary/aromatic N) is 2. The van der Waals surface area contributed by atoms with Crippen LogP contribution in [0.25, 0.3) is 11.8 Å². The van der Waals surface area contributed by atoms with Crippen LogP contribution in [-0.4, -0.2) is 9.78 Å². The van der Waals surface area contributed by atoms with Crippen molar-refractivity contribution >= 4 is 11.8 Å². The van der Waals surface area contributed by atoms with Gasteiger partial charge >= 0.3 is 0 Å². The molecule has 0 unspecified atom stereocenters. The zero-order chi connectivity index (χ0) is 12.3. The van der Waals surface area contributed by atoms with E-state index in [1.54, 1.807) is 0 Å². The highest BCUT2D eigenvalue weighted by molar-refractivity contribution is 5.74. The number of allylic oxidation sites excluding steroid dienone is 2. The lowest BCUT2D eigenvalue weighted by atomic mass is 10.1. The molecule has 0 aliphatic rings. The second-order valence-corrected chi connectivity index (χ2v) is 4.08. The second-order valence-electron chi connectivity index (χ2n) is 4.08. The summed E-state index contributed by atoms with van der Waals surface area (Å²) in [5.74, 6) is 0. The maximum atomic E-state index is 4.36. The van der Waals surface area contributed by atoms with Crippen LogP contribution in [0.4, 0.5) is 0 Å². The molecule has 2 aromatic rings. The molecule has 0 aliphatic heterocycles. The molecule has 0 radical (unpaired) electrons. The minimum Gasteiger partial charge on any atom is -0.245 e. The predicted molar refractivity (Wildman–Crippen MR) is 72.5 cm³/mol. The van der Waals surface area contributed by atoms with E-state index in [0.29, 0.717) is 0 Å². The first-order valence-corrected chi connectivity index (χ1v) is 5.62. The number of benzene rings is 1. The zero-order valence-corrected chi connectivity index (χ0v) is 10.2. The first-order chi connectivity index (χ1) is 8.16. The highest BCUT2D eigenvalue weighted by Crippen LogP contribution is 2.13. The minimum atomic E-state index is 0.984. The van der Waals surface area contributed by atoms with Crippen LogP contribution in [0.5, 0.6) is 0 Å². The summed E-state index contributed by atoms with van der Waals surface area (Å²) in [6.07, 6.45) is 3.92. The molecule has 1 aromatic carbocycles. The van der Waals surface area contributed by atoms with Gasteiger partial charge in [0.05, 0.1) is 5.69 Å². The molecule has 0 saturated carbocycles. The Balaban J connectivity index is 2.17. The molecule has 0 bridgehead atoms. The fourth-order valence-electron chi connectivity index (χ4n) is 1.71. The lowest BCUT2D eigenvalue weighted by molar-refractivity contribution is 0.881. The lowest BCUT2D eigenvalue weighted by Gasteiger charge is -2.00. The van der Waals surface area contributed by atoms with Gasteiger partial charge in [-0.1, -0.05) is 36.9 Å². The van der Waals surface area contributed by atoms with Crippen molar-refractivity contribution in [2.45, 2.75) is 13.8 Å². The Bertz CT molecular complexity index is 548. The summed E-state index contributed by atoms with van der Waals surface area (Å²) in [5.41, 5.74) is 4.26. The van der Waals surface area contributed by atoms with Gasteiger partial charge in [-0.3, -0.25) is 0 Å². The summed E-state index contributed by atoms with van der Waals surface area (Å²) in [7, 11) is 0. The average Bonchev–Trinajstić information content (AvgIpc) is 2.66. The van der Waals surface area contributed by atoms with Gasteiger partial charge in [0.15, 0.2) is 0 Å². The highest BCUT2D eigenvalue weighted by Gasteiger charge is 1.97. The molecule has 17 heavy (non-hydrogen) atoms. The standard InChI is InChI=1S/C15H16N2/c1-12(15-7-5-4-6-8-15)9-10-17-14(3)11-13(2)16-17/h4-11H,1H2,2-3H3/b10-9-. The van der Waals surface area contributed by atoms with Crippen molar-refractivity contribution in [2.24, 2.45) is 0 Å². The number of hydrogen-bond acceptors (Lipinski definition) is 1. The summed E-state index contributed by atoms with van der Waals surface area (Å²) < 4.78 is 1.86. The Morgan fingerprint density at radius 2 is 1.94 bits per heavy atom. The van der Waals surface area contributed by atoms with E-state index in [0.717, 1.165) is 22.5 Å². The van der Waals surface area contributed by atoms with Gasteiger partial charge in [0, 0.05) is 11.9 Å². The average molecular weight is 224 g/mol. The molecular weight excluding hydrogens is 208 g/mol. The fourth-order valence-corrected chi connectivity index (χ4v) is 1.71. The Labute approximate surface area is 102 Å². The van der Waals surface area contributed by atoms with Crippen LogP contribution in [0.2, 0.25) is 0 Å². The lowest BCUT2D eigenvalue weighted by Crippen LogP contribution is -1.91. The molecule has 0 amide bonds. The van der Waals surface area contributed by atoms with E-state index in [2.05, 4.69) is 17.7 Å². The van der Waals surface area contributed by atoms with Crippen molar-refractivity contribution < 1.29 is 0 Å². The Hall–Kier alpha value is -2.09. The van der Waals surface area contributed by atoms with Gasteiger partial charge in [-0.2, -0.15) is 5.10 Å². The molecule has 2 rings (SSSR count). The van der Waals surface area contributed by atoms with Crippen LogP contribution in [0, 0.1) is 13.8 Å². The van der Waals surface area contributed by atoms with Crippen molar-refractivity contribution in [1.82, 2.24) is 9.78 Å². The summed E-state index contributed by atoms with van der Waals surface area (Å²) in [5, 5.41) is 4.36. The van der Waals surface area contributed by atoms with E-state index in [1.165, 1.54) is 0 Å². The topological polar surface area (TPSA) is 17.8 Å². The second kappa shape index (κ2) is 4.83. The van der Waals surface area contributed by atoms with Gasteiger partial charge in [-0.15, -0.1) is 0 Å². The van der Waals surface area contributed by atoms with Crippen LogP contribution < -0.4 is 0 Å². The smallest absolute Gasteiger partial charge is 0.0600 e. The van der Waals surface area contributed by atoms with E-state index >= 15 is 0 Å². The van der Waals surface area contributed by atoms with Crippen molar-refractivity contribution in [1.29, 1.82) is 0 Å². The number of aryl methyl sites for hydroxylation is 2. The van der Waals surface area contributed by atoms with Crippen LogP contribution in [0.15, 0.2) is 49.1 Å². The van der Waals surface area contributed by atoms with Crippen molar-refractivity contribution in [3.05, 3.63) is 66.0 Å². The van der Waals surface area contributed by atoms with Gasteiger partial charge in [-0.25, -0.2) is 4.68 Å². The first kappa shape index (κ1) is 11.4. The van der Waals surface area contributed by atoms with E-state index in [4.69, 9.17) is 0 Å². The number of rotatable bonds is 3. The number of aromatic nitrogens is 2. The summed E-state index contributed by atoms with van der Waals surface area (Å²) in [6.45, 7) is 8.08. The van der Waals surface area contributed by atoms with Gasteiger partial charge in [-0.05, 0) is 37.1 Å². The molecule has 1 aromatic heterocycles. The highest BCUT2D eigenvalue weighted by atomic mass is 15.3. The van der Waals surface area contributed by atoms with Gasteiger partial charge in [0.2, 0.25) is 0 Å². The fraction of sp³-hybridized carbons (Fsp3) is 0.133. The van der Waals surface area contributed by atoms with Crippen LogP contribution in [0.1, 0.15) is 17.0 Å². The molecule has 0 saturated heterocycles. The minimum absolute atomic E-state index is 0.984. The van der Waals surface area contributed by atoms with E-state index in [9.17, 15) is 0 Å². The maximum Gasteiger partial charge on any atom is 0.0600 e. The van der Waals surface area contributed by atoms with Crippen molar-refractivity contribution in [2.75, 3.05) is 0 Å². The third kappa shape index (κ3) is 2.72. The Kier molecular flexibility index (Phi) is 3.24. The number of hydrogen-bond donors (Lipinski definition) is 0. The van der Waals surface area contributed by atoms with E-state index < -0.39 is 0 Å². The van der Waals surface area contributed by atoms with Crippen molar-refractivity contribution in [3.8, 4) is 0 Å². The Morgan fingerprint density at radius 3 is 2.53 bits per heavy atom. The Morgan fingerprint density at radius 1 is 1.24 bits per heavy atom. The first-order valence-electron chi connectivity index (χ1n) is 5.62. The summed E-state index contributed by atoms with van der Waals surface area (Å²) in [6, 6.07) is 12.2. The molecule has 0 aliphatic carbocycles. The molecule has 0 fully saturated rings. The third-order valence-corrected chi connectivity index (χ3v) is 2.61. The quantitative estimate of drug-likeness (QED) is 0.727.